The number of hydrogen-bond acceptors (Lipinski definition) is 3. The molecule has 0 aliphatic carbocycles. The number of H-pyrrole nitrogens is 1. The molecule has 5 nitrogen and oxygen atoms in total. The summed E-state index contributed by atoms with van der Waals surface area (Å²) < 4.78 is 0. The highest BCUT2D eigenvalue weighted by Gasteiger charge is 2.07. The molecule has 1 aromatic heterocycles. The van der Waals surface area contributed by atoms with Crippen molar-refractivity contribution in [1.29, 1.82) is 0 Å². The van der Waals surface area contributed by atoms with Crippen molar-refractivity contribution in [2.75, 3.05) is 6.54 Å². The summed E-state index contributed by atoms with van der Waals surface area (Å²) in [5, 5.41) is 5.99. The van der Waals surface area contributed by atoms with Crippen LogP contribution in [0.1, 0.15) is 26.1 Å². The van der Waals surface area contributed by atoms with Crippen LogP contribution in [-0.2, 0) is 11.3 Å². The molecule has 84 valence electrons. The third-order valence-electron chi connectivity index (χ3n) is 2.05. The standard InChI is InChI=1S/C10H18N4O/c1-3-11-8(2)6-10(15)14-7-9-12-4-5-13-9/h4-5,8,11H,3,6-7H2,1-2H3,(H,12,13)(H,14,15). The second kappa shape index (κ2) is 6.19. The summed E-state index contributed by atoms with van der Waals surface area (Å²) in [6.07, 6.45) is 3.90. The molecule has 1 aromatic rings. The molecule has 5 heteroatoms. The molecule has 15 heavy (non-hydrogen) atoms. The van der Waals surface area contributed by atoms with E-state index in [1.54, 1.807) is 12.4 Å². The summed E-state index contributed by atoms with van der Waals surface area (Å²) in [6.45, 7) is 5.37. The minimum atomic E-state index is 0.0415. The smallest absolute Gasteiger partial charge is 0.221 e. The lowest BCUT2D eigenvalue weighted by Crippen LogP contribution is -2.33. The van der Waals surface area contributed by atoms with Crippen LogP contribution in [0.2, 0.25) is 0 Å². The molecule has 0 spiro atoms. The van der Waals surface area contributed by atoms with Crippen LogP contribution in [0.15, 0.2) is 12.4 Å². The molecule has 1 rings (SSSR count). The molecule has 0 saturated carbocycles. The SMILES string of the molecule is CCNC(C)CC(=O)NCc1ncc[nH]1. The summed E-state index contributed by atoms with van der Waals surface area (Å²) >= 11 is 0. The predicted octanol–water partition coefficient (Wildman–Crippen LogP) is 0.414. The third-order valence-corrected chi connectivity index (χ3v) is 2.05. The molecular weight excluding hydrogens is 192 g/mol. The Morgan fingerprint density at radius 3 is 3.07 bits per heavy atom. The van der Waals surface area contributed by atoms with Gasteiger partial charge < -0.3 is 15.6 Å². The lowest BCUT2D eigenvalue weighted by Gasteiger charge is -2.11. The highest BCUT2D eigenvalue weighted by Crippen LogP contribution is 1.92. The van der Waals surface area contributed by atoms with Gasteiger partial charge >= 0.3 is 0 Å². The number of aromatic nitrogens is 2. The van der Waals surface area contributed by atoms with E-state index in [4.69, 9.17) is 0 Å². The first-order valence-corrected chi connectivity index (χ1v) is 5.20. The second-order valence-electron chi connectivity index (χ2n) is 3.48. The van der Waals surface area contributed by atoms with Gasteiger partial charge in [-0.25, -0.2) is 4.98 Å². The van der Waals surface area contributed by atoms with Crippen LogP contribution < -0.4 is 10.6 Å². The zero-order valence-electron chi connectivity index (χ0n) is 9.21. The highest BCUT2D eigenvalue weighted by atomic mass is 16.1. The van der Waals surface area contributed by atoms with Crippen molar-refractivity contribution in [2.45, 2.75) is 32.9 Å². The second-order valence-corrected chi connectivity index (χ2v) is 3.48. The van der Waals surface area contributed by atoms with Gasteiger partial charge in [0, 0.05) is 24.9 Å². The molecule has 0 aliphatic heterocycles. The number of nitrogens with zero attached hydrogens (tertiary/aromatic N) is 1. The molecule has 1 amide bonds. The van der Waals surface area contributed by atoms with E-state index >= 15 is 0 Å². The Kier molecular flexibility index (Phi) is 4.83. The molecule has 0 bridgehead atoms. The van der Waals surface area contributed by atoms with Gasteiger partial charge in [0.1, 0.15) is 5.82 Å². The molecule has 0 aliphatic rings. The molecule has 1 unspecified atom stereocenters. The quantitative estimate of drug-likeness (QED) is 0.637. The predicted molar refractivity (Wildman–Crippen MR) is 58.2 cm³/mol. The van der Waals surface area contributed by atoms with E-state index in [0.717, 1.165) is 12.4 Å². The van der Waals surface area contributed by atoms with E-state index in [1.807, 2.05) is 13.8 Å². The van der Waals surface area contributed by atoms with Gasteiger partial charge in [0.2, 0.25) is 5.91 Å². The first kappa shape index (κ1) is 11.7. The van der Waals surface area contributed by atoms with E-state index in [-0.39, 0.29) is 11.9 Å². The van der Waals surface area contributed by atoms with Crippen LogP contribution in [0.4, 0.5) is 0 Å². The molecular formula is C10H18N4O. The number of hydrogen-bond donors (Lipinski definition) is 3. The summed E-state index contributed by atoms with van der Waals surface area (Å²) in [7, 11) is 0. The Balaban J connectivity index is 2.19. The van der Waals surface area contributed by atoms with Gasteiger partial charge in [-0.3, -0.25) is 4.79 Å². The Labute approximate surface area is 89.7 Å². The fourth-order valence-electron chi connectivity index (χ4n) is 1.35. The zero-order valence-corrected chi connectivity index (χ0v) is 9.21. The number of imidazole rings is 1. The van der Waals surface area contributed by atoms with E-state index in [9.17, 15) is 4.79 Å². The van der Waals surface area contributed by atoms with Crippen LogP contribution in [0.5, 0.6) is 0 Å². The number of carbonyl (C=O) groups excluding carboxylic acids is 1. The first-order chi connectivity index (χ1) is 7.22. The van der Waals surface area contributed by atoms with Crippen LogP contribution in [0, 0.1) is 0 Å². The Hall–Kier alpha value is -1.36. The summed E-state index contributed by atoms with van der Waals surface area (Å²) in [6, 6.07) is 0.214. The van der Waals surface area contributed by atoms with Crippen molar-refractivity contribution in [1.82, 2.24) is 20.6 Å². The Bertz CT molecular complexity index is 284. The first-order valence-electron chi connectivity index (χ1n) is 5.20. The van der Waals surface area contributed by atoms with Crippen LogP contribution in [0.25, 0.3) is 0 Å². The highest BCUT2D eigenvalue weighted by molar-refractivity contribution is 5.76. The molecule has 1 heterocycles. The lowest BCUT2D eigenvalue weighted by atomic mass is 10.2. The molecule has 0 aromatic carbocycles. The number of nitrogens with one attached hydrogen (secondary N) is 3. The topological polar surface area (TPSA) is 69.8 Å². The van der Waals surface area contributed by atoms with Gasteiger partial charge in [0.25, 0.3) is 0 Å². The Morgan fingerprint density at radius 1 is 1.67 bits per heavy atom. The van der Waals surface area contributed by atoms with Gasteiger partial charge in [-0.2, -0.15) is 0 Å². The van der Waals surface area contributed by atoms with Crippen LogP contribution in [0.3, 0.4) is 0 Å². The van der Waals surface area contributed by atoms with E-state index in [2.05, 4.69) is 20.6 Å². The van der Waals surface area contributed by atoms with Crippen LogP contribution in [-0.4, -0.2) is 28.5 Å². The van der Waals surface area contributed by atoms with E-state index in [0.29, 0.717) is 13.0 Å². The van der Waals surface area contributed by atoms with E-state index < -0.39 is 0 Å². The zero-order chi connectivity index (χ0) is 11.1. The van der Waals surface area contributed by atoms with Crippen molar-refractivity contribution >= 4 is 5.91 Å². The van der Waals surface area contributed by atoms with E-state index in [1.165, 1.54) is 0 Å². The van der Waals surface area contributed by atoms with Crippen molar-refractivity contribution in [3.05, 3.63) is 18.2 Å². The summed E-state index contributed by atoms with van der Waals surface area (Å²) in [5.74, 6) is 0.819. The Morgan fingerprint density at radius 2 is 2.47 bits per heavy atom. The number of carbonyl (C=O) groups is 1. The van der Waals surface area contributed by atoms with Crippen molar-refractivity contribution < 1.29 is 4.79 Å². The monoisotopic (exact) mass is 210 g/mol. The maximum absolute atomic E-state index is 11.4. The summed E-state index contributed by atoms with van der Waals surface area (Å²) in [5.41, 5.74) is 0. The third kappa shape index (κ3) is 4.60. The minimum Gasteiger partial charge on any atom is -0.349 e. The fourth-order valence-corrected chi connectivity index (χ4v) is 1.35. The molecule has 0 radical (unpaired) electrons. The van der Waals surface area contributed by atoms with Gasteiger partial charge in [-0.1, -0.05) is 6.92 Å². The molecule has 0 saturated heterocycles. The maximum Gasteiger partial charge on any atom is 0.221 e. The number of aromatic amines is 1. The van der Waals surface area contributed by atoms with Crippen LogP contribution >= 0.6 is 0 Å². The average Bonchev–Trinajstić information content (AvgIpc) is 2.67. The maximum atomic E-state index is 11.4. The minimum absolute atomic E-state index is 0.0415. The van der Waals surface area contributed by atoms with Crippen molar-refractivity contribution in [2.24, 2.45) is 0 Å². The van der Waals surface area contributed by atoms with Gasteiger partial charge in [-0.15, -0.1) is 0 Å². The largest absolute Gasteiger partial charge is 0.349 e. The number of rotatable bonds is 6. The molecule has 0 fully saturated rings. The van der Waals surface area contributed by atoms with Crippen molar-refractivity contribution in [3.8, 4) is 0 Å². The van der Waals surface area contributed by atoms with Crippen molar-refractivity contribution in [3.63, 3.8) is 0 Å². The average molecular weight is 210 g/mol. The molecule has 1 atom stereocenters. The normalized spacial score (nSPS) is 12.4. The fraction of sp³-hybridized carbons (Fsp3) is 0.600. The van der Waals surface area contributed by atoms with Gasteiger partial charge in [-0.05, 0) is 13.5 Å². The van der Waals surface area contributed by atoms with Gasteiger partial charge in [0.15, 0.2) is 0 Å². The van der Waals surface area contributed by atoms with Gasteiger partial charge in [0.05, 0.1) is 6.54 Å². The lowest BCUT2D eigenvalue weighted by molar-refractivity contribution is -0.121. The molecule has 3 N–H and O–H groups in total. The number of amides is 1. The summed E-state index contributed by atoms with van der Waals surface area (Å²) in [4.78, 5) is 18.4.